The Balaban J connectivity index is 1.76. The molecule has 0 spiro atoms. The Morgan fingerprint density at radius 2 is 1.96 bits per heavy atom. The first kappa shape index (κ1) is 18.6. The minimum absolute atomic E-state index is 0.156. The number of amides is 1. The van der Waals surface area contributed by atoms with Crippen molar-refractivity contribution in [1.82, 2.24) is 10.9 Å². The lowest BCUT2D eigenvalue weighted by molar-refractivity contribution is -0.119. The van der Waals surface area contributed by atoms with Crippen LogP contribution in [0, 0.1) is 13.8 Å². The summed E-state index contributed by atoms with van der Waals surface area (Å²) in [5.41, 5.74) is 8.33. The number of hydrogen-bond donors (Lipinski definition) is 3. The van der Waals surface area contributed by atoms with Gasteiger partial charge in [-0.05, 0) is 55.9 Å². The second kappa shape index (κ2) is 8.92. The lowest BCUT2D eigenvalue weighted by Crippen LogP contribution is -2.44. The Hall–Kier alpha value is -1.76. The van der Waals surface area contributed by atoms with E-state index in [0.717, 1.165) is 16.1 Å². The third kappa shape index (κ3) is 6.03. The van der Waals surface area contributed by atoms with Crippen LogP contribution in [0.5, 0.6) is 0 Å². The molecular formula is C17H18ClN3OS2. The average molecular weight is 380 g/mol. The minimum atomic E-state index is -0.156. The van der Waals surface area contributed by atoms with Gasteiger partial charge in [-0.3, -0.25) is 15.6 Å². The lowest BCUT2D eigenvalue weighted by atomic mass is 10.2. The number of aryl methyl sites for hydroxylation is 2. The molecule has 4 nitrogen and oxygen atoms in total. The van der Waals surface area contributed by atoms with E-state index in [-0.39, 0.29) is 5.91 Å². The molecule has 3 N–H and O–H groups in total. The summed E-state index contributed by atoms with van der Waals surface area (Å²) in [6.45, 7) is 4.06. The molecule has 0 heterocycles. The molecule has 0 radical (unpaired) electrons. The van der Waals surface area contributed by atoms with Crippen LogP contribution in [-0.2, 0) is 4.79 Å². The first-order valence-electron chi connectivity index (χ1n) is 7.25. The van der Waals surface area contributed by atoms with Gasteiger partial charge in [-0.1, -0.05) is 35.4 Å². The van der Waals surface area contributed by atoms with Crippen LogP contribution in [0.2, 0.25) is 5.02 Å². The number of hydrazine groups is 1. The molecule has 2 rings (SSSR count). The molecule has 0 unspecified atom stereocenters. The monoisotopic (exact) mass is 379 g/mol. The first-order chi connectivity index (χ1) is 11.4. The fraction of sp³-hybridized carbons (Fsp3) is 0.176. The van der Waals surface area contributed by atoms with Gasteiger partial charge in [0.05, 0.1) is 5.75 Å². The van der Waals surface area contributed by atoms with Crippen LogP contribution in [0.15, 0.2) is 47.4 Å². The highest BCUT2D eigenvalue weighted by atomic mass is 35.5. The Bertz CT molecular complexity index is 752. The Morgan fingerprint density at radius 3 is 2.71 bits per heavy atom. The van der Waals surface area contributed by atoms with Crippen molar-refractivity contribution in [2.45, 2.75) is 18.7 Å². The van der Waals surface area contributed by atoms with Crippen LogP contribution in [0.3, 0.4) is 0 Å². The van der Waals surface area contributed by atoms with Crippen LogP contribution < -0.4 is 16.2 Å². The zero-order valence-electron chi connectivity index (χ0n) is 13.4. The number of rotatable bonds is 4. The number of carbonyl (C=O) groups excluding carboxylic acids is 1. The molecule has 0 saturated heterocycles. The quantitative estimate of drug-likeness (QED) is 0.425. The van der Waals surface area contributed by atoms with E-state index in [1.807, 2.05) is 26.0 Å². The fourth-order valence-corrected chi connectivity index (χ4v) is 3.18. The minimum Gasteiger partial charge on any atom is -0.331 e. The summed E-state index contributed by atoms with van der Waals surface area (Å²) in [5, 5.41) is 3.84. The molecule has 0 aliphatic rings. The maximum atomic E-state index is 11.9. The number of benzene rings is 2. The number of nitrogens with one attached hydrogen (secondary N) is 3. The fourth-order valence-electron chi connectivity index (χ4n) is 1.90. The Kier molecular flexibility index (Phi) is 6.90. The van der Waals surface area contributed by atoms with Crippen LogP contribution in [0.25, 0.3) is 0 Å². The second-order valence-corrected chi connectivity index (χ2v) is 7.06. The molecule has 24 heavy (non-hydrogen) atoms. The van der Waals surface area contributed by atoms with Crippen molar-refractivity contribution in [3.05, 3.63) is 58.6 Å². The van der Waals surface area contributed by atoms with Crippen LogP contribution in [0.1, 0.15) is 11.1 Å². The molecule has 0 fully saturated rings. The second-order valence-electron chi connectivity index (χ2n) is 5.20. The number of hydrogen-bond acceptors (Lipinski definition) is 3. The molecule has 126 valence electrons. The largest absolute Gasteiger partial charge is 0.331 e. The predicted molar refractivity (Wildman–Crippen MR) is 106 cm³/mol. The zero-order valence-corrected chi connectivity index (χ0v) is 15.7. The molecule has 2 aromatic rings. The summed E-state index contributed by atoms with van der Waals surface area (Å²) in [6.07, 6.45) is 0. The number of thioether (sulfide) groups is 1. The zero-order chi connectivity index (χ0) is 17.5. The van der Waals surface area contributed by atoms with Gasteiger partial charge in [-0.25, -0.2) is 0 Å². The van der Waals surface area contributed by atoms with Gasteiger partial charge in [0, 0.05) is 15.6 Å². The molecule has 0 saturated carbocycles. The lowest BCUT2D eigenvalue weighted by Gasteiger charge is -2.12. The van der Waals surface area contributed by atoms with Gasteiger partial charge in [0.1, 0.15) is 0 Å². The van der Waals surface area contributed by atoms with Crippen molar-refractivity contribution in [3.63, 3.8) is 0 Å². The topological polar surface area (TPSA) is 53.2 Å². The Morgan fingerprint density at radius 1 is 1.17 bits per heavy atom. The van der Waals surface area contributed by atoms with Gasteiger partial charge >= 0.3 is 0 Å². The van der Waals surface area contributed by atoms with Gasteiger partial charge in [0.15, 0.2) is 5.11 Å². The summed E-state index contributed by atoms with van der Waals surface area (Å²) in [7, 11) is 0. The van der Waals surface area contributed by atoms with Crippen molar-refractivity contribution in [2.75, 3.05) is 11.1 Å². The maximum Gasteiger partial charge on any atom is 0.248 e. The third-order valence-corrected chi connectivity index (χ3v) is 4.70. The molecule has 0 bridgehead atoms. The number of anilines is 1. The van der Waals surface area contributed by atoms with Crippen LogP contribution in [0.4, 0.5) is 5.69 Å². The summed E-state index contributed by atoms with van der Waals surface area (Å²) >= 11 is 12.5. The van der Waals surface area contributed by atoms with Gasteiger partial charge < -0.3 is 5.32 Å². The van der Waals surface area contributed by atoms with E-state index in [1.54, 1.807) is 12.1 Å². The summed E-state index contributed by atoms with van der Waals surface area (Å²) in [4.78, 5) is 13.0. The number of halogens is 1. The normalized spacial score (nSPS) is 10.1. The average Bonchev–Trinajstić information content (AvgIpc) is 2.54. The summed E-state index contributed by atoms with van der Waals surface area (Å²) in [5.74, 6) is 0.146. The van der Waals surface area contributed by atoms with E-state index in [2.05, 4.69) is 34.4 Å². The van der Waals surface area contributed by atoms with Gasteiger partial charge in [-0.15, -0.1) is 11.8 Å². The SMILES string of the molecule is Cc1ccc(C)c(SCC(=O)NNC(=S)Nc2cccc(Cl)c2)c1. The predicted octanol–water partition coefficient (Wildman–Crippen LogP) is 4.07. The van der Waals surface area contributed by atoms with Crippen molar-refractivity contribution in [2.24, 2.45) is 0 Å². The van der Waals surface area contributed by atoms with Crippen molar-refractivity contribution in [3.8, 4) is 0 Å². The highest BCUT2D eigenvalue weighted by Crippen LogP contribution is 2.23. The molecule has 1 amide bonds. The first-order valence-corrected chi connectivity index (χ1v) is 9.02. The van der Waals surface area contributed by atoms with Crippen molar-refractivity contribution in [1.29, 1.82) is 0 Å². The molecule has 0 aromatic heterocycles. The van der Waals surface area contributed by atoms with Gasteiger partial charge in [0.2, 0.25) is 5.91 Å². The summed E-state index contributed by atoms with van der Waals surface area (Å²) < 4.78 is 0. The van der Waals surface area contributed by atoms with E-state index in [0.29, 0.717) is 15.9 Å². The van der Waals surface area contributed by atoms with E-state index in [9.17, 15) is 4.79 Å². The van der Waals surface area contributed by atoms with Gasteiger partial charge in [-0.2, -0.15) is 0 Å². The van der Waals surface area contributed by atoms with E-state index in [1.165, 1.54) is 17.3 Å². The van der Waals surface area contributed by atoms with Crippen molar-refractivity contribution >= 4 is 52.3 Å². The van der Waals surface area contributed by atoms with Crippen LogP contribution >= 0.6 is 35.6 Å². The smallest absolute Gasteiger partial charge is 0.248 e. The third-order valence-electron chi connectivity index (χ3n) is 3.10. The molecule has 7 heteroatoms. The number of thiocarbonyl (C=S) groups is 1. The molecule has 0 aliphatic carbocycles. The highest BCUT2D eigenvalue weighted by molar-refractivity contribution is 8.00. The number of carbonyl (C=O) groups is 1. The van der Waals surface area contributed by atoms with E-state index < -0.39 is 0 Å². The van der Waals surface area contributed by atoms with Gasteiger partial charge in [0.25, 0.3) is 0 Å². The highest BCUT2D eigenvalue weighted by Gasteiger charge is 2.06. The summed E-state index contributed by atoms with van der Waals surface area (Å²) in [6, 6.07) is 13.3. The van der Waals surface area contributed by atoms with Crippen molar-refractivity contribution < 1.29 is 4.79 Å². The standard InChI is InChI=1S/C17H18ClN3OS2/c1-11-6-7-12(2)15(8-11)24-10-16(22)20-21-17(23)19-14-5-3-4-13(18)9-14/h3-9H,10H2,1-2H3,(H,20,22)(H2,19,21,23). The maximum absolute atomic E-state index is 11.9. The molecule has 2 aromatic carbocycles. The molecule has 0 aliphatic heterocycles. The Labute approximate surface area is 156 Å². The molecular weight excluding hydrogens is 362 g/mol. The van der Waals surface area contributed by atoms with E-state index >= 15 is 0 Å². The molecule has 0 atom stereocenters. The van der Waals surface area contributed by atoms with Crippen LogP contribution in [-0.4, -0.2) is 16.8 Å². The van der Waals surface area contributed by atoms with E-state index in [4.69, 9.17) is 23.8 Å².